The standard InChI is InChI=1S/C19H22N2O6/c22-17(23)10-13-3-1-7-20(13)19(25)14-4-2-8-21(14)18(24)12-5-6-15-16(9-12)27-11-26-15/h5-6,9,13-14H,1-4,7-8,10-11H2,(H,22,23). The molecule has 0 aliphatic carbocycles. The second kappa shape index (κ2) is 7.09. The van der Waals surface area contributed by atoms with Crippen LogP contribution in [0.3, 0.4) is 0 Å². The lowest BCUT2D eigenvalue weighted by Crippen LogP contribution is -2.49. The molecule has 2 saturated heterocycles. The number of carboxylic acid groups (broad SMARTS) is 1. The fourth-order valence-corrected chi connectivity index (χ4v) is 4.19. The average molecular weight is 374 g/mol. The van der Waals surface area contributed by atoms with Crippen LogP contribution in [0.2, 0.25) is 0 Å². The summed E-state index contributed by atoms with van der Waals surface area (Å²) in [6, 6.07) is 4.22. The summed E-state index contributed by atoms with van der Waals surface area (Å²) < 4.78 is 10.6. The van der Waals surface area contributed by atoms with Gasteiger partial charge in [-0.05, 0) is 43.9 Å². The highest BCUT2D eigenvalue weighted by Gasteiger charge is 2.40. The molecular weight excluding hydrogens is 352 g/mol. The monoisotopic (exact) mass is 374 g/mol. The van der Waals surface area contributed by atoms with Crippen LogP contribution < -0.4 is 9.47 Å². The van der Waals surface area contributed by atoms with E-state index in [4.69, 9.17) is 14.6 Å². The molecule has 4 rings (SSSR count). The number of rotatable bonds is 4. The SMILES string of the molecule is O=C(O)CC1CCCN1C(=O)C1CCCN1C(=O)c1ccc2c(c1)OCO2. The molecule has 1 N–H and O–H groups in total. The predicted octanol–water partition coefficient (Wildman–Crippen LogP) is 1.49. The molecule has 2 amide bonds. The lowest BCUT2D eigenvalue weighted by Gasteiger charge is -2.31. The number of aliphatic carboxylic acids is 1. The Kier molecular flexibility index (Phi) is 4.63. The van der Waals surface area contributed by atoms with Gasteiger partial charge in [0.1, 0.15) is 6.04 Å². The Labute approximate surface area is 156 Å². The van der Waals surface area contributed by atoms with Crippen LogP contribution in [0.1, 0.15) is 42.5 Å². The zero-order valence-corrected chi connectivity index (χ0v) is 14.9. The molecule has 1 aromatic carbocycles. The van der Waals surface area contributed by atoms with Crippen LogP contribution >= 0.6 is 0 Å². The number of carbonyl (C=O) groups is 3. The van der Waals surface area contributed by atoms with E-state index in [1.807, 2.05) is 0 Å². The molecule has 0 bridgehead atoms. The maximum Gasteiger partial charge on any atom is 0.305 e. The third-order valence-electron chi connectivity index (χ3n) is 5.49. The van der Waals surface area contributed by atoms with E-state index in [1.54, 1.807) is 28.0 Å². The number of benzene rings is 1. The van der Waals surface area contributed by atoms with Gasteiger partial charge in [-0.15, -0.1) is 0 Å². The van der Waals surface area contributed by atoms with Gasteiger partial charge >= 0.3 is 5.97 Å². The summed E-state index contributed by atoms with van der Waals surface area (Å²) in [5.74, 6) is -0.110. The Hall–Kier alpha value is -2.77. The zero-order chi connectivity index (χ0) is 19.0. The lowest BCUT2D eigenvalue weighted by molar-refractivity contribution is -0.141. The minimum absolute atomic E-state index is 0.0471. The minimum atomic E-state index is -0.903. The number of ether oxygens (including phenoxy) is 2. The van der Waals surface area contributed by atoms with Crippen LogP contribution in [-0.2, 0) is 9.59 Å². The Morgan fingerprint density at radius 1 is 1.04 bits per heavy atom. The number of fused-ring (bicyclic) bond motifs is 1. The molecule has 0 saturated carbocycles. The van der Waals surface area contributed by atoms with Crippen molar-refractivity contribution in [2.45, 2.75) is 44.2 Å². The topological polar surface area (TPSA) is 96.4 Å². The molecule has 2 atom stereocenters. The van der Waals surface area contributed by atoms with Gasteiger partial charge in [0.25, 0.3) is 5.91 Å². The van der Waals surface area contributed by atoms with Crippen molar-refractivity contribution < 1.29 is 29.0 Å². The highest BCUT2D eigenvalue weighted by Crippen LogP contribution is 2.34. The molecule has 3 heterocycles. The zero-order valence-electron chi connectivity index (χ0n) is 14.9. The van der Waals surface area contributed by atoms with Crippen LogP contribution in [0.4, 0.5) is 0 Å². The molecule has 3 aliphatic rings. The highest BCUT2D eigenvalue weighted by atomic mass is 16.7. The number of amides is 2. The van der Waals surface area contributed by atoms with Crippen molar-refractivity contribution in [1.29, 1.82) is 0 Å². The first kappa shape index (κ1) is 17.6. The van der Waals surface area contributed by atoms with Crippen molar-refractivity contribution >= 4 is 17.8 Å². The second-order valence-electron chi connectivity index (χ2n) is 7.15. The van der Waals surface area contributed by atoms with Gasteiger partial charge in [0.15, 0.2) is 11.5 Å². The highest BCUT2D eigenvalue weighted by molar-refractivity contribution is 5.98. The Morgan fingerprint density at radius 3 is 2.59 bits per heavy atom. The van der Waals surface area contributed by atoms with Gasteiger partial charge in [0.05, 0.1) is 6.42 Å². The van der Waals surface area contributed by atoms with Gasteiger partial charge < -0.3 is 24.4 Å². The molecule has 8 heteroatoms. The maximum atomic E-state index is 13.1. The number of likely N-dealkylation sites (tertiary alicyclic amines) is 2. The molecule has 8 nitrogen and oxygen atoms in total. The maximum absolute atomic E-state index is 13.1. The fraction of sp³-hybridized carbons (Fsp3) is 0.526. The van der Waals surface area contributed by atoms with E-state index in [9.17, 15) is 14.4 Å². The second-order valence-corrected chi connectivity index (χ2v) is 7.15. The normalized spacial score (nSPS) is 23.7. The van der Waals surface area contributed by atoms with Gasteiger partial charge in [-0.25, -0.2) is 0 Å². The van der Waals surface area contributed by atoms with E-state index >= 15 is 0 Å². The Balaban J connectivity index is 1.50. The van der Waals surface area contributed by atoms with Crippen LogP contribution in [0.25, 0.3) is 0 Å². The van der Waals surface area contributed by atoms with E-state index in [0.717, 1.165) is 12.8 Å². The molecule has 2 unspecified atom stereocenters. The van der Waals surface area contributed by atoms with Crippen molar-refractivity contribution in [2.24, 2.45) is 0 Å². The largest absolute Gasteiger partial charge is 0.481 e. The molecular formula is C19H22N2O6. The number of nitrogens with zero attached hydrogens (tertiary/aromatic N) is 2. The fourth-order valence-electron chi connectivity index (χ4n) is 4.19. The van der Waals surface area contributed by atoms with Crippen LogP contribution in [0, 0.1) is 0 Å². The number of hydrogen-bond acceptors (Lipinski definition) is 5. The number of carbonyl (C=O) groups excluding carboxylic acids is 2. The predicted molar refractivity (Wildman–Crippen MR) is 93.6 cm³/mol. The quantitative estimate of drug-likeness (QED) is 0.858. The summed E-state index contributed by atoms with van der Waals surface area (Å²) in [5.41, 5.74) is 0.461. The van der Waals surface area contributed by atoms with Gasteiger partial charge in [-0.3, -0.25) is 14.4 Å². The first-order valence-corrected chi connectivity index (χ1v) is 9.27. The van der Waals surface area contributed by atoms with Crippen LogP contribution in [0.15, 0.2) is 18.2 Å². The van der Waals surface area contributed by atoms with Gasteiger partial charge in [-0.1, -0.05) is 0 Å². The number of hydrogen-bond donors (Lipinski definition) is 1. The van der Waals surface area contributed by atoms with Gasteiger partial charge in [0, 0.05) is 24.7 Å². The summed E-state index contributed by atoms with van der Waals surface area (Å²) in [5, 5.41) is 9.08. The molecule has 0 aromatic heterocycles. The van der Waals surface area contributed by atoms with Crippen molar-refractivity contribution in [3.05, 3.63) is 23.8 Å². The van der Waals surface area contributed by atoms with Gasteiger partial charge in [-0.2, -0.15) is 0 Å². The Bertz CT molecular complexity index is 779. The van der Waals surface area contributed by atoms with E-state index in [0.29, 0.717) is 43.0 Å². The molecule has 3 aliphatic heterocycles. The van der Waals surface area contributed by atoms with E-state index < -0.39 is 12.0 Å². The van der Waals surface area contributed by atoms with Crippen molar-refractivity contribution in [3.8, 4) is 11.5 Å². The third-order valence-corrected chi connectivity index (χ3v) is 5.49. The summed E-state index contributed by atoms with van der Waals surface area (Å²) in [6.45, 7) is 1.21. The molecule has 0 radical (unpaired) electrons. The van der Waals surface area contributed by atoms with Crippen molar-refractivity contribution in [1.82, 2.24) is 9.80 Å². The summed E-state index contributed by atoms with van der Waals surface area (Å²) >= 11 is 0. The van der Waals surface area contributed by atoms with E-state index in [2.05, 4.69) is 0 Å². The first-order chi connectivity index (χ1) is 13.0. The summed E-state index contributed by atoms with van der Waals surface area (Å²) in [7, 11) is 0. The van der Waals surface area contributed by atoms with Gasteiger partial charge in [0.2, 0.25) is 12.7 Å². The van der Waals surface area contributed by atoms with Crippen molar-refractivity contribution in [2.75, 3.05) is 19.9 Å². The molecule has 27 heavy (non-hydrogen) atoms. The van der Waals surface area contributed by atoms with E-state index in [1.165, 1.54) is 0 Å². The average Bonchev–Trinajstić information content (AvgIpc) is 3.39. The van der Waals surface area contributed by atoms with Crippen LogP contribution in [0.5, 0.6) is 11.5 Å². The third kappa shape index (κ3) is 3.31. The summed E-state index contributed by atoms with van der Waals surface area (Å²) in [6.07, 6.45) is 2.80. The first-order valence-electron chi connectivity index (χ1n) is 9.27. The minimum Gasteiger partial charge on any atom is -0.481 e. The molecule has 144 valence electrons. The number of carboxylic acids is 1. The van der Waals surface area contributed by atoms with Crippen molar-refractivity contribution in [3.63, 3.8) is 0 Å². The summed E-state index contributed by atoms with van der Waals surface area (Å²) in [4.78, 5) is 40.4. The molecule has 1 aromatic rings. The smallest absolute Gasteiger partial charge is 0.305 e. The molecule has 0 spiro atoms. The molecule has 2 fully saturated rings. The van der Waals surface area contributed by atoms with Crippen LogP contribution in [-0.4, -0.2) is 64.7 Å². The Morgan fingerprint density at radius 2 is 1.78 bits per heavy atom. The lowest BCUT2D eigenvalue weighted by atomic mass is 10.1. The van der Waals surface area contributed by atoms with E-state index in [-0.39, 0.29) is 31.1 Å².